The van der Waals surface area contributed by atoms with Gasteiger partial charge in [-0.25, -0.2) is 0 Å². The van der Waals surface area contributed by atoms with Crippen LogP contribution in [0.5, 0.6) is 0 Å². The van der Waals surface area contributed by atoms with Crippen LogP contribution >= 0.6 is 0 Å². The van der Waals surface area contributed by atoms with E-state index >= 15 is 0 Å². The van der Waals surface area contributed by atoms with Gasteiger partial charge in [0.25, 0.3) is 0 Å². The maximum absolute atomic E-state index is 11.9. The summed E-state index contributed by atoms with van der Waals surface area (Å²) in [6.07, 6.45) is 40.7. The zero-order valence-electron chi connectivity index (χ0n) is 25.9. The Morgan fingerprint density at radius 1 is 0.447 bits per heavy atom. The smallest absolute Gasteiger partial charge is 0.305 e. The Balaban J connectivity index is 3.14. The highest BCUT2D eigenvalue weighted by atomic mass is 16.5. The Morgan fingerprint density at radius 2 is 0.763 bits per heavy atom. The molecule has 0 heterocycles. The molecule has 0 bridgehead atoms. The molecule has 0 N–H and O–H groups in total. The van der Waals surface area contributed by atoms with Crippen molar-refractivity contribution in [2.24, 2.45) is 0 Å². The lowest BCUT2D eigenvalue weighted by Gasteiger charge is -2.06. The summed E-state index contributed by atoms with van der Waals surface area (Å²) in [6.45, 7) is 2.90. The normalized spacial score (nSPS) is 11.2. The fourth-order valence-corrected chi connectivity index (χ4v) is 5.35. The Hall–Kier alpha value is -0.860. The van der Waals surface area contributed by atoms with Crippen LogP contribution in [-0.4, -0.2) is 18.9 Å². The van der Waals surface area contributed by atoms with E-state index in [1.165, 1.54) is 167 Å². The molecule has 0 aliphatic heterocycles. The van der Waals surface area contributed by atoms with Crippen molar-refractivity contribution in [3.8, 4) is 0 Å². The molecule has 3 heteroatoms. The van der Waals surface area contributed by atoms with Crippen molar-refractivity contribution >= 4 is 12.3 Å². The molecule has 0 fully saturated rings. The van der Waals surface area contributed by atoms with E-state index in [9.17, 15) is 9.59 Å². The van der Waals surface area contributed by atoms with Crippen molar-refractivity contribution in [2.45, 2.75) is 206 Å². The summed E-state index contributed by atoms with van der Waals surface area (Å²) in [5.41, 5.74) is 0. The van der Waals surface area contributed by atoms with Crippen LogP contribution in [0.1, 0.15) is 206 Å². The van der Waals surface area contributed by atoms with Crippen LogP contribution in [0.15, 0.2) is 0 Å². The monoisotopic (exact) mass is 537 g/mol. The molecule has 0 saturated heterocycles. The number of esters is 1. The van der Waals surface area contributed by atoms with Crippen molar-refractivity contribution in [1.82, 2.24) is 0 Å². The third-order valence-electron chi connectivity index (χ3n) is 7.96. The number of ether oxygens (including phenoxy) is 1. The van der Waals surface area contributed by atoms with Crippen LogP contribution in [0.25, 0.3) is 0 Å². The predicted molar refractivity (Wildman–Crippen MR) is 166 cm³/mol. The number of hydrogen-bond donors (Lipinski definition) is 0. The summed E-state index contributed by atoms with van der Waals surface area (Å²) in [5, 5.41) is 0. The van der Waals surface area contributed by atoms with Crippen molar-refractivity contribution in [2.75, 3.05) is 6.61 Å². The second kappa shape index (κ2) is 34.2. The van der Waals surface area contributed by atoms with E-state index in [4.69, 9.17) is 4.74 Å². The van der Waals surface area contributed by atoms with Crippen LogP contribution in [0.3, 0.4) is 0 Å². The summed E-state index contributed by atoms with van der Waals surface area (Å²) < 4.78 is 5.41. The van der Waals surface area contributed by atoms with Crippen molar-refractivity contribution in [3.05, 3.63) is 0 Å². The van der Waals surface area contributed by atoms with E-state index in [1.807, 2.05) is 0 Å². The van der Waals surface area contributed by atoms with Gasteiger partial charge in [-0.3, -0.25) is 4.79 Å². The van der Waals surface area contributed by atoms with Crippen LogP contribution in [0, 0.1) is 0 Å². The molecule has 226 valence electrons. The Labute approximate surface area is 239 Å². The first-order chi connectivity index (χ1) is 18.8. The lowest BCUT2D eigenvalue weighted by molar-refractivity contribution is -0.143. The highest BCUT2D eigenvalue weighted by Crippen LogP contribution is 2.15. The zero-order valence-corrected chi connectivity index (χ0v) is 25.9. The lowest BCUT2D eigenvalue weighted by Crippen LogP contribution is -2.05. The highest BCUT2D eigenvalue weighted by molar-refractivity contribution is 5.69. The summed E-state index contributed by atoms with van der Waals surface area (Å²) in [5.74, 6) is 0.00607. The topological polar surface area (TPSA) is 43.4 Å². The van der Waals surface area contributed by atoms with Gasteiger partial charge in [0.1, 0.15) is 6.29 Å². The average molecular weight is 537 g/mol. The molecule has 0 aromatic carbocycles. The fraction of sp³-hybridized carbons (Fsp3) is 0.943. The molecule has 3 nitrogen and oxygen atoms in total. The van der Waals surface area contributed by atoms with Gasteiger partial charge in [-0.05, 0) is 19.3 Å². The van der Waals surface area contributed by atoms with Crippen LogP contribution in [0.4, 0.5) is 0 Å². The molecule has 0 aliphatic rings. The largest absolute Gasteiger partial charge is 0.466 e. The lowest BCUT2D eigenvalue weighted by atomic mass is 10.0. The van der Waals surface area contributed by atoms with Gasteiger partial charge in [-0.1, -0.05) is 174 Å². The number of hydrogen-bond acceptors (Lipinski definition) is 3. The van der Waals surface area contributed by atoms with Crippen LogP contribution in [0.2, 0.25) is 0 Å². The Kier molecular flexibility index (Phi) is 33.4. The maximum atomic E-state index is 11.9. The highest BCUT2D eigenvalue weighted by Gasteiger charge is 2.03. The minimum atomic E-state index is 0.00607. The van der Waals surface area contributed by atoms with Gasteiger partial charge in [-0.15, -0.1) is 0 Å². The molecule has 0 spiro atoms. The molecule has 0 amide bonds. The van der Waals surface area contributed by atoms with E-state index in [0.29, 0.717) is 13.0 Å². The predicted octanol–water partition coefficient (Wildman–Crippen LogP) is 11.8. The molecular formula is C35H68O3. The molecule has 0 saturated carbocycles. The Morgan fingerprint density at radius 3 is 1.13 bits per heavy atom. The molecule has 0 aromatic heterocycles. The second-order valence-electron chi connectivity index (χ2n) is 11.8. The zero-order chi connectivity index (χ0) is 27.6. The summed E-state index contributed by atoms with van der Waals surface area (Å²) in [6, 6.07) is 0. The number of aldehydes is 1. The Bertz CT molecular complexity index is 462. The van der Waals surface area contributed by atoms with Gasteiger partial charge in [0, 0.05) is 12.8 Å². The van der Waals surface area contributed by atoms with Gasteiger partial charge in [-0.2, -0.15) is 0 Å². The van der Waals surface area contributed by atoms with E-state index in [-0.39, 0.29) is 5.97 Å². The molecule has 0 aliphatic carbocycles. The van der Waals surface area contributed by atoms with Crippen LogP contribution < -0.4 is 0 Å². The van der Waals surface area contributed by atoms with Crippen molar-refractivity contribution < 1.29 is 14.3 Å². The molecular weight excluding hydrogens is 468 g/mol. The number of rotatable bonds is 33. The summed E-state index contributed by atoms with van der Waals surface area (Å²) >= 11 is 0. The van der Waals surface area contributed by atoms with Gasteiger partial charge in [0.2, 0.25) is 0 Å². The van der Waals surface area contributed by atoms with E-state index < -0.39 is 0 Å². The molecule has 0 aromatic rings. The van der Waals surface area contributed by atoms with Gasteiger partial charge in [0.15, 0.2) is 0 Å². The molecule has 0 atom stereocenters. The molecule has 0 unspecified atom stereocenters. The SMILES string of the molecule is CCCCCCCCCCCCCCCCCCCCCC(=O)OCCCCCCCCCCCCC=O. The van der Waals surface area contributed by atoms with Gasteiger partial charge in [0.05, 0.1) is 6.61 Å². The molecule has 38 heavy (non-hydrogen) atoms. The van der Waals surface area contributed by atoms with Gasteiger partial charge < -0.3 is 9.53 Å². The second-order valence-corrected chi connectivity index (χ2v) is 11.8. The number of unbranched alkanes of at least 4 members (excludes halogenated alkanes) is 28. The minimum absolute atomic E-state index is 0.00607. The summed E-state index contributed by atoms with van der Waals surface area (Å²) in [7, 11) is 0. The van der Waals surface area contributed by atoms with E-state index in [2.05, 4.69) is 6.92 Å². The van der Waals surface area contributed by atoms with Crippen LogP contribution in [-0.2, 0) is 14.3 Å². The summed E-state index contributed by atoms with van der Waals surface area (Å²) in [4.78, 5) is 22.2. The van der Waals surface area contributed by atoms with E-state index in [0.717, 1.165) is 32.0 Å². The first-order valence-electron chi connectivity index (χ1n) is 17.4. The van der Waals surface area contributed by atoms with Gasteiger partial charge >= 0.3 is 5.97 Å². The molecule has 0 radical (unpaired) electrons. The standard InChI is InChI=1S/C35H68O3/c1-2-3-4-5-6-7-8-9-10-11-12-13-14-15-17-20-23-26-29-32-35(37)38-34-31-28-25-22-19-16-18-21-24-27-30-33-36/h33H,2-32,34H2,1H3. The van der Waals surface area contributed by atoms with E-state index in [1.54, 1.807) is 0 Å². The third-order valence-corrected chi connectivity index (χ3v) is 7.96. The average Bonchev–Trinajstić information content (AvgIpc) is 2.92. The minimum Gasteiger partial charge on any atom is -0.466 e. The fourth-order valence-electron chi connectivity index (χ4n) is 5.35. The first kappa shape index (κ1) is 37.1. The van der Waals surface area contributed by atoms with Crippen molar-refractivity contribution in [3.63, 3.8) is 0 Å². The quantitative estimate of drug-likeness (QED) is 0.0476. The maximum Gasteiger partial charge on any atom is 0.305 e. The third kappa shape index (κ3) is 33.2. The number of carbonyl (C=O) groups is 2. The molecule has 0 rings (SSSR count). The first-order valence-corrected chi connectivity index (χ1v) is 17.4. The number of carbonyl (C=O) groups excluding carboxylic acids is 2. The van der Waals surface area contributed by atoms with Crippen molar-refractivity contribution in [1.29, 1.82) is 0 Å².